The summed E-state index contributed by atoms with van der Waals surface area (Å²) in [6.45, 7) is 12.1. The average Bonchev–Trinajstić information content (AvgIpc) is 2.37. The Morgan fingerprint density at radius 1 is 0.833 bits per heavy atom. The van der Waals surface area contributed by atoms with Crippen LogP contribution in [0.1, 0.15) is 67.2 Å². The number of carbonyl (C=O) groups excluding carboxylic acids is 3. The van der Waals surface area contributed by atoms with Gasteiger partial charge in [-0.15, -0.1) is 0 Å². The van der Waals surface area contributed by atoms with E-state index >= 15 is 0 Å². The Morgan fingerprint density at radius 3 is 1.75 bits per heavy atom. The molecule has 0 radical (unpaired) electrons. The summed E-state index contributed by atoms with van der Waals surface area (Å²) in [6, 6.07) is 0. The Kier molecular flexibility index (Phi) is 15.6. The molecule has 142 valence electrons. The third-order valence-corrected chi connectivity index (χ3v) is 2.73. The predicted molar refractivity (Wildman–Crippen MR) is 92.4 cm³/mol. The van der Waals surface area contributed by atoms with Crippen LogP contribution in [-0.2, 0) is 23.9 Å². The normalized spacial score (nSPS) is 11.5. The second-order valence-corrected chi connectivity index (χ2v) is 6.41. The van der Waals surface area contributed by atoms with E-state index < -0.39 is 12.1 Å². The van der Waals surface area contributed by atoms with Crippen LogP contribution in [-0.4, -0.2) is 42.1 Å². The lowest BCUT2D eigenvalue weighted by Gasteiger charge is -2.11. The second-order valence-electron chi connectivity index (χ2n) is 6.41. The van der Waals surface area contributed by atoms with Crippen LogP contribution in [0, 0.1) is 11.8 Å². The van der Waals surface area contributed by atoms with Crippen LogP contribution in [0.5, 0.6) is 0 Å². The van der Waals surface area contributed by atoms with Crippen LogP contribution >= 0.6 is 0 Å². The molecule has 0 heterocycles. The van der Waals surface area contributed by atoms with E-state index in [4.69, 9.17) is 4.74 Å². The SMILES string of the molecule is CCOC(=O)CC(=O)CC(C)C.CCOC(=O)CC(O)CC(C)C. The topological polar surface area (TPSA) is 89.9 Å². The second kappa shape index (κ2) is 15.1. The highest BCUT2D eigenvalue weighted by molar-refractivity contribution is 5.95. The van der Waals surface area contributed by atoms with Gasteiger partial charge in [0.05, 0.1) is 25.7 Å². The maximum Gasteiger partial charge on any atom is 0.313 e. The maximum atomic E-state index is 11.0. The van der Waals surface area contributed by atoms with E-state index in [-0.39, 0.29) is 24.6 Å². The summed E-state index contributed by atoms with van der Waals surface area (Å²) in [6.07, 6.45) is 0.597. The number of ether oxygens (including phenoxy) is 2. The third kappa shape index (κ3) is 18.6. The molecule has 0 saturated heterocycles. The van der Waals surface area contributed by atoms with Gasteiger partial charge < -0.3 is 14.6 Å². The van der Waals surface area contributed by atoms with Crippen molar-refractivity contribution in [3.05, 3.63) is 0 Å². The molecule has 1 atom stereocenters. The van der Waals surface area contributed by atoms with Gasteiger partial charge in [0.25, 0.3) is 0 Å². The van der Waals surface area contributed by atoms with Gasteiger partial charge in [0.15, 0.2) is 0 Å². The lowest BCUT2D eigenvalue weighted by molar-refractivity contribution is -0.146. The van der Waals surface area contributed by atoms with Crippen molar-refractivity contribution in [1.29, 1.82) is 0 Å². The molecular weight excluding hydrogens is 312 g/mol. The van der Waals surface area contributed by atoms with E-state index in [2.05, 4.69) is 4.74 Å². The number of rotatable bonds is 10. The van der Waals surface area contributed by atoms with Crippen LogP contribution in [0.3, 0.4) is 0 Å². The summed E-state index contributed by atoms with van der Waals surface area (Å²) < 4.78 is 9.33. The zero-order valence-corrected chi connectivity index (χ0v) is 16.0. The predicted octanol–water partition coefficient (Wildman–Crippen LogP) is 2.90. The molecular formula is C18H34O6. The van der Waals surface area contributed by atoms with Gasteiger partial charge in [0, 0.05) is 6.42 Å². The minimum Gasteiger partial charge on any atom is -0.466 e. The molecule has 6 nitrogen and oxygen atoms in total. The number of hydrogen-bond donors (Lipinski definition) is 1. The van der Waals surface area contributed by atoms with E-state index in [0.29, 0.717) is 37.9 Å². The van der Waals surface area contributed by atoms with Crippen LogP contribution in [0.15, 0.2) is 0 Å². The molecule has 0 fully saturated rings. The quantitative estimate of drug-likeness (QED) is 0.483. The largest absolute Gasteiger partial charge is 0.466 e. The highest BCUT2D eigenvalue weighted by Crippen LogP contribution is 2.08. The lowest BCUT2D eigenvalue weighted by atomic mass is 10.0. The third-order valence-electron chi connectivity index (χ3n) is 2.73. The molecule has 0 saturated carbocycles. The average molecular weight is 346 g/mol. The smallest absolute Gasteiger partial charge is 0.313 e. The molecule has 0 aromatic carbocycles. The van der Waals surface area contributed by atoms with Gasteiger partial charge in [-0.2, -0.15) is 0 Å². The molecule has 0 aromatic heterocycles. The molecule has 0 aliphatic heterocycles. The summed E-state index contributed by atoms with van der Waals surface area (Å²) in [5.41, 5.74) is 0. The summed E-state index contributed by atoms with van der Waals surface area (Å²) in [7, 11) is 0. The zero-order chi connectivity index (χ0) is 19.1. The highest BCUT2D eigenvalue weighted by Gasteiger charge is 2.12. The first-order valence-corrected chi connectivity index (χ1v) is 8.63. The fraction of sp³-hybridized carbons (Fsp3) is 0.833. The molecule has 6 heteroatoms. The monoisotopic (exact) mass is 346 g/mol. The molecule has 0 rings (SSSR count). The molecule has 1 unspecified atom stereocenters. The molecule has 24 heavy (non-hydrogen) atoms. The van der Waals surface area contributed by atoms with E-state index in [1.165, 1.54) is 0 Å². The number of carbonyl (C=O) groups is 3. The molecule has 0 aliphatic rings. The van der Waals surface area contributed by atoms with Crippen molar-refractivity contribution in [3.8, 4) is 0 Å². The van der Waals surface area contributed by atoms with Crippen molar-refractivity contribution >= 4 is 17.7 Å². The number of Topliss-reactive ketones (excluding diaryl/α,β-unsaturated/α-hetero) is 1. The first-order valence-electron chi connectivity index (χ1n) is 8.63. The van der Waals surface area contributed by atoms with Gasteiger partial charge in [0.2, 0.25) is 0 Å². The van der Waals surface area contributed by atoms with Gasteiger partial charge >= 0.3 is 11.9 Å². The number of aliphatic hydroxyl groups excluding tert-OH is 1. The van der Waals surface area contributed by atoms with E-state index in [0.717, 1.165) is 0 Å². The van der Waals surface area contributed by atoms with Crippen molar-refractivity contribution in [2.24, 2.45) is 11.8 Å². The lowest BCUT2D eigenvalue weighted by Crippen LogP contribution is -2.17. The summed E-state index contributed by atoms with van der Waals surface area (Å²) in [5, 5.41) is 9.32. The summed E-state index contributed by atoms with van der Waals surface area (Å²) in [5.74, 6) is -0.0430. The maximum absolute atomic E-state index is 11.0. The minimum absolute atomic E-state index is 0.0385. The minimum atomic E-state index is -0.552. The van der Waals surface area contributed by atoms with E-state index in [1.807, 2.05) is 27.7 Å². The highest BCUT2D eigenvalue weighted by atomic mass is 16.5. The Hall–Kier alpha value is -1.43. The first kappa shape index (κ1) is 24.8. The van der Waals surface area contributed by atoms with Gasteiger partial charge in [-0.25, -0.2) is 0 Å². The van der Waals surface area contributed by atoms with Crippen molar-refractivity contribution < 1.29 is 29.0 Å². The van der Waals surface area contributed by atoms with E-state index in [9.17, 15) is 19.5 Å². The molecule has 1 N–H and O–H groups in total. The van der Waals surface area contributed by atoms with Crippen molar-refractivity contribution in [2.75, 3.05) is 13.2 Å². The fourth-order valence-corrected chi connectivity index (χ4v) is 1.94. The van der Waals surface area contributed by atoms with Crippen molar-refractivity contribution in [3.63, 3.8) is 0 Å². The summed E-state index contributed by atoms with van der Waals surface area (Å²) in [4.78, 5) is 32.7. The Labute approximate surface area is 145 Å². The van der Waals surface area contributed by atoms with E-state index in [1.54, 1.807) is 13.8 Å². The Bertz CT molecular complexity index is 363. The number of aliphatic hydroxyl groups is 1. The van der Waals surface area contributed by atoms with Crippen LogP contribution < -0.4 is 0 Å². The number of hydrogen-bond acceptors (Lipinski definition) is 6. The zero-order valence-electron chi connectivity index (χ0n) is 16.0. The van der Waals surface area contributed by atoms with Crippen LogP contribution in [0.25, 0.3) is 0 Å². The molecule has 0 aromatic rings. The van der Waals surface area contributed by atoms with Gasteiger partial charge in [0.1, 0.15) is 12.2 Å². The van der Waals surface area contributed by atoms with Gasteiger partial charge in [-0.3, -0.25) is 14.4 Å². The van der Waals surface area contributed by atoms with Crippen LogP contribution in [0.4, 0.5) is 0 Å². The Morgan fingerprint density at radius 2 is 1.33 bits per heavy atom. The number of esters is 2. The molecule has 0 spiro atoms. The van der Waals surface area contributed by atoms with Gasteiger partial charge in [-0.1, -0.05) is 27.7 Å². The standard InChI is InChI=1S/C9H18O3.C9H16O3/c2*1-4-12-9(11)6-8(10)5-7(2)3/h7-8,10H,4-6H2,1-3H3;7H,4-6H2,1-3H3. The Balaban J connectivity index is 0. The van der Waals surface area contributed by atoms with Crippen LogP contribution in [0.2, 0.25) is 0 Å². The van der Waals surface area contributed by atoms with Crippen molar-refractivity contribution in [2.45, 2.75) is 73.3 Å². The first-order chi connectivity index (χ1) is 11.1. The molecule has 0 amide bonds. The van der Waals surface area contributed by atoms with Gasteiger partial charge in [-0.05, 0) is 32.1 Å². The van der Waals surface area contributed by atoms with Crippen molar-refractivity contribution in [1.82, 2.24) is 0 Å². The summed E-state index contributed by atoms with van der Waals surface area (Å²) >= 11 is 0. The fourth-order valence-electron chi connectivity index (χ4n) is 1.94. The molecule has 0 bridgehead atoms. The molecule has 0 aliphatic carbocycles. The number of ketones is 1.